The fourth-order valence-electron chi connectivity index (χ4n) is 1.69. The topological polar surface area (TPSA) is 69.7 Å². The van der Waals surface area contributed by atoms with E-state index in [0.717, 1.165) is 0 Å². The molecule has 0 bridgehead atoms. The normalized spacial score (nSPS) is 21.6. The minimum atomic E-state index is -1.24. The smallest absolute Gasteiger partial charge is 0.323 e. The van der Waals surface area contributed by atoms with E-state index in [0.29, 0.717) is 6.42 Å². The summed E-state index contributed by atoms with van der Waals surface area (Å²) in [4.78, 5) is 33.8. The fraction of sp³-hybridized carbons (Fsp3) is 0.545. The Balaban J connectivity index is 2.84. The summed E-state index contributed by atoms with van der Waals surface area (Å²) in [5.74, 6) is -1.66. The van der Waals surface area contributed by atoms with Crippen molar-refractivity contribution in [2.24, 2.45) is 11.3 Å². The number of carbonyl (C=O) groups excluding carboxylic acids is 3. The van der Waals surface area contributed by atoms with Gasteiger partial charge in [-0.05, 0) is 19.4 Å². The lowest BCUT2D eigenvalue weighted by Gasteiger charge is -2.10. The number of ether oxygens (including phenoxy) is 2. The van der Waals surface area contributed by atoms with Crippen molar-refractivity contribution < 1.29 is 23.9 Å². The third-order valence-electron chi connectivity index (χ3n) is 2.68. The lowest BCUT2D eigenvalue weighted by atomic mass is 10.0. The van der Waals surface area contributed by atoms with E-state index in [1.807, 2.05) is 0 Å². The van der Waals surface area contributed by atoms with Crippen LogP contribution in [0.3, 0.4) is 0 Å². The Hall–Kier alpha value is -1.65. The van der Waals surface area contributed by atoms with Gasteiger partial charge < -0.3 is 9.47 Å². The van der Waals surface area contributed by atoms with Crippen molar-refractivity contribution in [1.29, 1.82) is 0 Å². The predicted molar refractivity (Wildman–Crippen MR) is 54.4 cm³/mol. The van der Waals surface area contributed by atoms with E-state index in [-0.39, 0.29) is 11.7 Å². The summed E-state index contributed by atoms with van der Waals surface area (Å²) in [6.45, 7) is 1.40. The first-order chi connectivity index (χ1) is 7.48. The Kier molecular flexibility index (Phi) is 3.47. The maximum atomic E-state index is 11.5. The number of allylic oxidation sites excluding steroid dienone is 2. The first kappa shape index (κ1) is 12.4. The highest BCUT2D eigenvalue weighted by molar-refractivity contribution is 6.04. The van der Waals surface area contributed by atoms with Gasteiger partial charge >= 0.3 is 11.9 Å². The van der Waals surface area contributed by atoms with E-state index in [1.165, 1.54) is 27.2 Å². The second kappa shape index (κ2) is 4.47. The molecule has 0 spiro atoms. The van der Waals surface area contributed by atoms with E-state index in [2.05, 4.69) is 9.47 Å². The first-order valence-corrected chi connectivity index (χ1v) is 4.84. The standard InChI is InChI=1S/C11H14O5/c1-7(12)4-5-8-6-11(8,9(13)15-2)10(14)16-3/h4-5,8H,6H2,1-3H3/b5-4+. The van der Waals surface area contributed by atoms with Gasteiger partial charge in [-0.25, -0.2) is 0 Å². The van der Waals surface area contributed by atoms with Gasteiger partial charge in [-0.1, -0.05) is 6.08 Å². The second-order valence-electron chi connectivity index (χ2n) is 3.73. The maximum absolute atomic E-state index is 11.5. The van der Waals surface area contributed by atoms with Crippen LogP contribution in [-0.4, -0.2) is 31.9 Å². The number of ketones is 1. The van der Waals surface area contributed by atoms with Crippen molar-refractivity contribution in [3.63, 3.8) is 0 Å². The Morgan fingerprint density at radius 1 is 1.19 bits per heavy atom. The summed E-state index contributed by atoms with van der Waals surface area (Å²) >= 11 is 0. The number of rotatable bonds is 4. The zero-order valence-corrected chi connectivity index (χ0v) is 9.48. The molecule has 1 saturated carbocycles. The molecule has 1 aliphatic carbocycles. The SMILES string of the molecule is COC(=O)C1(C(=O)OC)CC1/C=C/C(C)=O. The molecular formula is C11H14O5. The molecule has 1 fully saturated rings. The molecule has 0 amide bonds. The van der Waals surface area contributed by atoms with Gasteiger partial charge in [0.15, 0.2) is 11.2 Å². The number of hydrogen-bond donors (Lipinski definition) is 0. The van der Waals surface area contributed by atoms with Gasteiger partial charge in [0.05, 0.1) is 14.2 Å². The molecule has 1 unspecified atom stereocenters. The summed E-state index contributed by atoms with van der Waals surface area (Å²) in [6, 6.07) is 0. The van der Waals surface area contributed by atoms with Gasteiger partial charge in [-0.15, -0.1) is 0 Å². The molecule has 5 heteroatoms. The molecule has 0 saturated heterocycles. The van der Waals surface area contributed by atoms with Crippen molar-refractivity contribution in [3.05, 3.63) is 12.2 Å². The average Bonchev–Trinajstić information content (AvgIpc) is 2.99. The molecule has 0 heterocycles. The van der Waals surface area contributed by atoms with Gasteiger partial charge in [0.2, 0.25) is 0 Å². The van der Waals surface area contributed by atoms with Crippen molar-refractivity contribution in [1.82, 2.24) is 0 Å². The second-order valence-corrected chi connectivity index (χ2v) is 3.73. The Labute approximate surface area is 93.4 Å². The molecule has 0 aliphatic heterocycles. The molecule has 0 N–H and O–H groups in total. The summed E-state index contributed by atoms with van der Waals surface area (Å²) in [6.07, 6.45) is 3.23. The van der Waals surface area contributed by atoms with Crippen molar-refractivity contribution in [2.45, 2.75) is 13.3 Å². The zero-order chi connectivity index (χ0) is 12.3. The van der Waals surface area contributed by atoms with Crippen LogP contribution in [0.15, 0.2) is 12.2 Å². The van der Waals surface area contributed by atoms with E-state index < -0.39 is 17.4 Å². The van der Waals surface area contributed by atoms with Gasteiger partial charge in [0, 0.05) is 5.92 Å². The lowest BCUT2D eigenvalue weighted by molar-refractivity contribution is -0.161. The number of carbonyl (C=O) groups is 3. The molecule has 0 aromatic rings. The highest BCUT2D eigenvalue weighted by Crippen LogP contribution is 2.55. The minimum Gasteiger partial charge on any atom is -0.468 e. The van der Waals surface area contributed by atoms with Crippen LogP contribution in [0.2, 0.25) is 0 Å². The van der Waals surface area contributed by atoms with Crippen LogP contribution in [0.25, 0.3) is 0 Å². The molecule has 0 aromatic heterocycles. The number of esters is 2. The van der Waals surface area contributed by atoms with E-state index in [1.54, 1.807) is 6.08 Å². The highest BCUT2D eigenvalue weighted by atomic mass is 16.5. The van der Waals surface area contributed by atoms with Crippen LogP contribution in [0.4, 0.5) is 0 Å². The maximum Gasteiger partial charge on any atom is 0.323 e. The van der Waals surface area contributed by atoms with Crippen LogP contribution >= 0.6 is 0 Å². The number of hydrogen-bond acceptors (Lipinski definition) is 5. The van der Waals surface area contributed by atoms with E-state index >= 15 is 0 Å². The van der Waals surface area contributed by atoms with Crippen molar-refractivity contribution in [2.75, 3.05) is 14.2 Å². The van der Waals surface area contributed by atoms with Crippen LogP contribution in [-0.2, 0) is 23.9 Å². The Bertz CT molecular complexity index is 339. The molecule has 1 aliphatic rings. The van der Waals surface area contributed by atoms with Crippen LogP contribution in [0.5, 0.6) is 0 Å². The van der Waals surface area contributed by atoms with Crippen LogP contribution in [0.1, 0.15) is 13.3 Å². The van der Waals surface area contributed by atoms with Gasteiger partial charge in [0.25, 0.3) is 0 Å². The third-order valence-corrected chi connectivity index (χ3v) is 2.68. The third kappa shape index (κ3) is 1.98. The van der Waals surface area contributed by atoms with Gasteiger partial charge in [-0.3, -0.25) is 14.4 Å². The van der Waals surface area contributed by atoms with Gasteiger partial charge in [-0.2, -0.15) is 0 Å². The summed E-state index contributed by atoms with van der Waals surface area (Å²) < 4.78 is 9.16. The molecule has 0 aromatic carbocycles. The summed E-state index contributed by atoms with van der Waals surface area (Å²) in [5.41, 5.74) is -1.24. The van der Waals surface area contributed by atoms with E-state index in [9.17, 15) is 14.4 Å². The number of methoxy groups -OCH3 is 2. The fourth-order valence-corrected chi connectivity index (χ4v) is 1.69. The molecule has 88 valence electrons. The first-order valence-electron chi connectivity index (χ1n) is 4.84. The molecular weight excluding hydrogens is 212 g/mol. The van der Waals surface area contributed by atoms with Crippen molar-refractivity contribution in [3.8, 4) is 0 Å². The lowest BCUT2D eigenvalue weighted by Crippen LogP contribution is -2.30. The van der Waals surface area contributed by atoms with Gasteiger partial charge in [0.1, 0.15) is 0 Å². The molecule has 5 nitrogen and oxygen atoms in total. The monoisotopic (exact) mass is 226 g/mol. The highest BCUT2D eigenvalue weighted by Gasteiger charge is 2.66. The quantitative estimate of drug-likeness (QED) is 0.396. The van der Waals surface area contributed by atoms with E-state index in [4.69, 9.17) is 0 Å². The minimum absolute atomic E-state index is 0.129. The largest absolute Gasteiger partial charge is 0.468 e. The predicted octanol–water partition coefficient (Wildman–Crippen LogP) is 0.484. The zero-order valence-electron chi connectivity index (χ0n) is 9.48. The molecule has 1 rings (SSSR count). The van der Waals surface area contributed by atoms with Crippen molar-refractivity contribution >= 4 is 17.7 Å². The molecule has 16 heavy (non-hydrogen) atoms. The molecule has 1 atom stereocenters. The van der Waals surface area contributed by atoms with Crippen LogP contribution < -0.4 is 0 Å². The van der Waals surface area contributed by atoms with Crippen LogP contribution in [0, 0.1) is 11.3 Å². The Morgan fingerprint density at radius 2 is 1.69 bits per heavy atom. The average molecular weight is 226 g/mol. The summed E-state index contributed by atoms with van der Waals surface area (Å²) in [7, 11) is 2.44. The summed E-state index contributed by atoms with van der Waals surface area (Å²) in [5, 5.41) is 0. The molecule has 0 radical (unpaired) electrons. The Morgan fingerprint density at radius 3 is 2.06 bits per heavy atom.